The van der Waals surface area contributed by atoms with E-state index in [1.807, 2.05) is 18.2 Å². The van der Waals surface area contributed by atoms with E-state index in [-0.39, 0.29) is 5.91 Å². The van der Waals surface area contributed by atoms with E-state index in [0.717, 1.165) is 19.4 Å². The van der Waals surface area contributed by atoms with E-state index in [9.17, 15) is 4.79 Å². The van der Waals surface area contributed by atoms with E-state index >= 15 is 0 Å². The normalized spacial score (nSPS) is 12.1. The van der Waals surface area contributed by atoms with Gasteiger partial charge in [-0.25, -0.2) is 0 Å². The molecule has 3 heteroatoms. The van der Waals surface area contributed by atoms with Crippen molar-refractivity contribution in [2.45, 2.75) is 39.2 Å². The van der Waals surface area contributed by atoms with Crippen LogP contribution in [-0.4, -0.2) is 25.0 Å². The minimum absolute atomic E-state index is 0.127. The highest BCUT2D eigenvalue weighted by Crippen LogP contribution is 1.98. The predicted octanol–water partition coefficient (Wildman–Crippen LogP) is 2.12. The summed E-state index contributed by atoms with van der Waals surface area (Å²) in [4.78, 5) is 11.6. The molecule has 2 N–H and O–H groups in total. The molecule has 0 fully saturated rings. The second-order valence-electron chi connectivity index (χ2n) is 4.60. The average molecular weight is 248 g/mol. The number of benzene rings is 1. The molecule has 1 aromatic rings. The molecule has 0 aromatic heterocycles. The van der Waals surface area contributed by atoms with E-state index in [1.54, 1.807) is 0 Å². The molecule has 0 aliphatic heterocycles. The molecule has 3 nitrogen and oxygen atoms in total. The number of carbonyl (C=O) groups is 1. The molecule has 0 bridgehead atoms. The number of hydrogen-bond acceptors (Lipinski definition) is 2. The van der Waals surface area contributed by atoms with Gasteiger partial charge in [-0.2, -0.15) is 0 Å². The van der Waals surface area contributed by atoms with Crippen LogP contribution in [0.2, 0.25) is 0 Å². The Hall–Kier alpha value is -1.35. The van der Waals surface area contributed by atoms with Gasteiger partial charge in [0.15, 0.2) is 0 Å². The van der Waals surface area contributed by atoms with Crippen LogP contribution in [0.3, 0.4) is 0 Å². The second-order valence-corrected chi connectivity index (χ2v) is 4.60. The minimum Gasteiger partial charge on any atom is -0.356 e. The summed E-state index contributed by atoms with van der Waals surface area (Å²) in [5.74, 6) is 0.127. The summed E-state index contributed by atoms with van der Waals surface area (Å²) in [7, 11) is 0. The Labute approximate surface area is 110 Å². The van der Waals surface area contributed by atoms with Gasteiger partial charge in [0.2, 0.25) is 5.91 Å². The fourth-order valence-corrected chi connectivity index (χ4v) is 1.66. The van der Waals surface area contributed by atoms with Crippen LogP contribution < -0.4 is 10.6 Å². The standard InChI is InChI=1S/C15H24N2O/c1-3-13(2)16-12-10-15(18)17-11-9-14-7-5-4-6-8-14/h4-8,13,16H,3,9-12H2,1-2H3,(H,17,18). The lowest BCUT2D eigenvalue weighted by molar-refractivity contribution is -0.120. The van der Waals surface area contributed by atoms with Crippen LogP contribution in [0, 0.1) is 0 Å². The summed E-state index contributed by atoms with van der Waals surface area (Å²) in [6.45, 7) is 5.74. The van der Waals surface area contributed by atoms with Crippen molar-refractivity contribution in [3.05, 3.63) is 35.9 Å². The first kappa shape index (κ1) is 14.7. The maximum absolute atomic E-state index is 11.6. The summed E-state index contributed by atoms with van der Waals surface area (Å²) < 4.78 is 0. The Morgan fingerprint density at radius 2 is 1.94 bits per heavy atom. The first-order chi connectivity index (χ1) is 8.72. The first-order valence-corrected chi connectivity index (χ1v) is 6.76. The van der Waals surface area contributed by atoms with Crippen molar-refractivity contribution < 1.29 is 4.79 Å². The van der Waals surface area contributed by atoms with Crippen molar-refractivity contribution in [2.24, 2.45) is 0 Å². The Morgan fingerprint density at radius 3 is 2.61 bits per heavy atom. The summed E-state index contributed by atoms with van der Waals surface area (Å²) in [5.41, 5.74) is 1.26. The van der Waals surface area contributed by atoms with E-state index in [2.05, 4.69) is 36.6 Å². The van der Waals surface area contributed by atoms with Crippen molar-refractivity contribution in [3.8, 4) is 0 Å². The second kappa shape index (κ2) is 8.70. The van der Waals surface area contributed by atoms with Gasteiger partial charge in [-0.15, -0.1) is 0 Å². The van der Waals surface area contributed by atoms with Crippen molar-refractivity contribution >= 4 is 5.91 Å². The van der Waals surface area contributed by atoms with Gasteiger partial charge in [0.25, 0.3) is 0 Å². The molecule has 100 valence electrons. The molecule has 1 amide bonds. The number of rotatable bonds is 8. The van der Waals surface area contributed by atoms with Crippen LogP contribution in [0.4, 0.5) is 0 Å². The van der Waals surface area contributed by atoms with Gasteiger partial charge >= 0.3 is 0 Å². The molecule has 1 rings (SSSR count). The molecular weight excluding hydrogens is 224 g/mol. The zero-order valence-corrected chi connectivity index (χ0v) is 11.4. The number of carbonyl (C=O) groups excluding carboxylic acids is 1. The van der Waals surface area contributed by atoms with Crippen molar-refractivity contribution in [3.63, 3.8) is 0 Å². The zero-order chi connectivity index (χ0) is 13.2. The SMILES string of the molecule is CCC(C)NCCC(=O)NCCc1ccccc1. The maximum atomic E-state index is 11.6. The molecule has 0 aliphatic rings. The number of amides is 1. The van der Waals surface area contributed by atoms with E-state index < -0.39 is 0 Å². The minimum atomic E-state index is 0.127. The van der Waals surface area contributed by atoms with E-state index in [1.165, 1.54) is 5.56 Å². The predicted molar refractivity (Wildman–Crippen MR) is 75.5 cm³/mol. The van der Waals surface area contributed by atoms with Crippen LogP contribution >= 0.6 is 0 Å². The lowest BCUT2D eigenvalue weighted by atomic mass is 10.1. The van der Waals surface area contributed by atoms with E-state index in [4.69, 9.17) is 0 Å². The van der Waals surface area contributed by atoms with Crippen LogP contribution in [0.5, 0.6) is 0 Å². The largest absolute Gasteiger partial charge is 0.356 e. The number of nitrogens with one attached hydrogen (secondary N) is 2. The van der Waals surface area contributed by atoms with Gasteiger partial charge in [0.1, 0.15) is 0 Å². The molecule has 1 aromatic carbocycles. The summed E-state index contributed by atoms with van der Waals surface area (Å²) >= 11 is 0. The fourth-order valence-electron chi connectivity index (χ4n) is 1.66. The summed E-state index contributed by atoms with van der Waals surface area (Å²) in [6, 6.07) is 10.7. The highest BCUT2D eigenvalue weighted by molar-refractivity contribution is 5.76. The van der Waals surface area contributed by atoms with E-state index in [0.29, 0.717) is 19.0 Å². The lowest BCUT2D eigenvalue weighted by Gasteiger charge is -2.11. The third-order valence-corrected chi connectivity index (χ3v) is 3.04. The molecule has 0 saturated carbocycles. The van der Waals surface area contributed by atoms with Crippen LogP contribution in [0.15, 0.2) is 30.3 Å². The third-order valence-electron chi connectivity index (χ3n) is 3.04. The highest BCUT2D eigenvalue weighted by atomic mass is 16.1. The molecule has 0 aliphatic carbocycles. The quantitative estimate of drug-likeness (QED) is 0.740. The fraction of sp³-hybridized carbons (Fsp3) is 0.533. The zero-order valence-electron chi connectivity index (χ0n) is 11.4. The molecule has 0 heterocycles. The average Bonchev–Trinajstić information content (AvgIpc) is 2.39. The van der Waals surface area contributed by atoms with Crippen molar-refractivity contribution in [2.75, 3.05) is 13.1 Å². The molecule has 0 saturated heterocycles. The van der Waals surface area contributed by atoms with Crippen molar-refractivity contribution in [1.82, 2.24) is 10.6 Å². The Morgan fingerprint density at radius 1 is 1.22 bits per heavy atom. The monoisotopic (exact) mass is 248 g/mol. The molecule has 1 unspecified atom stereocenters. The smallest absolute Gasteiger partial charge is 0.221 e. The van der Waals surface area contributed by atoms with Gasteiger partial charge in [-0.05, 0) is 25.3 Å². The van der Waals surface area contributed by atoms with Crippen LogP contribution in [0.1, 0.15) is 32.3 Å². The Kier molecular flexibility index (Phi) is 7.11. The first-order valence-electron chi connectivity index (χ1n) is 6.76. The van der Waals surface area contributed by atoms with Gasteiger partial charge < -0.3 is 10.6 Å². The van der Waals surface area contributed by atoms with Gasteiger partial charge in [-0.3, -0.25) is 4.79 Å². The molecule has 0 radical (unpaired) electrons. The molecule has 18 heavy (non-hydrogen) atoms. The van der Waals surface area contributed by atoms with Crippen LogP contribution in [-0.2, 0) is 11.2 Å². The summed E-state index contributed by atoms with van der Waals surface area (Å²) in [6.07, 6.45) is 2.54. The van der Waals surface area contributed by atoms with Gasteiger partial charge in [0, 0.05) is 25.6 Å². The van der Waals surface area contributed by atoms with Gasteiger partial charge in [-0.1, -0.05) is 37.3 Å². The molecule has 0 spiro atoms. The Balaban J connectivity index is 2.07. The highest BCUT2D eigenvalue weighted by Gasteiger charge is 2.02. The topological polar surface area (TPSA) is 41.1 Å². The molecule has 1 atom stereocenters. The third kappa shape index (κ3) is 6.40. The number of hydrogen-bond donors (Lipinski definition) is 2. The maximum Gasteiger partial charge on any atom is 0.221 e. The summed E-state index contributed by atoms with van der Waals surface area (Å²) in [5, 5.41) is 6.25. The van der Waals surface area contributed by atoms with Crippen LogP contribution in [0.25, 0.3) is 0 Å². The lowest BCUT2D eigenvalue weighted by Crippen LogP contribution is -2.32. The van der Waals surface area contributed by atoms with Crippen molar-refractivity contribution in [1.29, 1.82) is 0 Å². The molecular formula is C15H24N2O. The van der Waals surface area contributed by atoms with Gasteiger partial charge in [0.05, 0.1) is 0 Å². The Bertz CT molecular complexity index is 338.